The number of aliphatic hydroxyl groups excluding tert-OH is 1. The Bertz CT molecular complexity index is 1610. The quantitative estimate of drug-likeness (QED) is 0.188. The number of ether oxygens (including phenoxy) is 1. The summed E-state index contributed by atoms with van der Waals surface area (Å²) in [5.41, 5.74) is 0.103. The Morgan fingerprint density at radius 1 is 0.842 bits per heavy atom. The molecule has 0 radical (unpaired) electrons. The number of aliphatic carboxylic acids is 1. The van der Waals surface area contributed by atoms with E-state index in [-0.39, 0.29) is 70.2 Å². The zero-order valence-corrected chi connectivity index (χ0v) is 37.6. The highest BCUT2D eigenvalue weighted by Gasteiger charge is 2.71. The third-order valence-corrected chi connectivity index (χ3v) is 18.0. The number of allylic oxidation sites excluding steroid dienone is 1. The van der Waals surface area contributed by atoms with Crippen molar-refractivity contribution in [1.82, 2.24) is 9.80 Å². The number of carbonyl (C=O) groups is 4. The summed E-state index contributed by atoms with van der Waals surface area (Å²) in [5.74, 6) is 0.0470. The fourth-order valence-corrected chi connectivity index (χ4v) is 14.5. The van der Waals surface area contributed by atoms with Gasteiger partial charge in [0.1, 0.15) is 6.10 Å². The number of aliphatic hydroxyl groups is 1. The van der Waals surface area contributed by atoms with Crippen molar-refractivity contribution in [2.45, 2.75) is 171 Å². The number of carboxylic acids is 1. The van der Waals surface area contributed by atoms with E-state index in [9.17, 15) is 29.4 Å². The summed E-state index contributed by atoms with van der Waals surface area (Å²) in [7, 11) is 4.06. The number of hydrogen-bond donors (Lipinski definition) is 2. The Kier molecular flexibility index (Phi) is 12.2. The molecule has 5 saturated carbocycles. The van der Waals surface area contributed by atoms with E-state index < -0.39 is 28.9 Å². The molecule has 0 saturated heterocycles. The molecule has 0 aromatic carbocycles. The van der Waals surface area contributed by atoms with Crippen LogP contribution in [0.5, 0.6) is 0 Å². The summed E-state index contributed by atoms with van der Waals surface area (Å²) >= 11 is 0. The van der Waals surface area contributed by atoms with Gasteiger partial charge in [-0.2, -0.15) is 0 Å². The second-order valence-electron chi connectivity index (χ2n) is 22.5. The van der Waals surface area contributed by atoms with E-state index in [2.05, 4.69) is 53.4 Å². The fraction of sp³-hybridized carbons (Fsp3) is 0.875. The molecular formula is C48H78N2O7. The van der Waals surface area contributed by atoms with Crippen molar-refractivity contribution in [2.24, 2.45) is 62.1 Å². The summed E-state index contributed by atoms with van der Waals surface area (Å²) in [5, 5.41) is 22.3. The van der Waals surface area contributed by atoms with Crippen LogP contribution in [0.3, 0.4) is 0 Å². The zero-order chi connectivity index (χ0) is 42.1. The average molecular weight is 795 g/mol. The Morgan fingerprint density at radius 2 is 1.51 bits per heavy atom. The Morgan fingerprint density at radius 3 is 2.12 bits per heavy atom. The maximum atomic E-state index is 14.3. The van der Waals surface area contributed by atoms with Crippen LogP contribution < -0.4 is 0 Å². The first-order valence-corrected chi connectivity index (χ1v) is 22.8. The van der Waals surface area contributed by atoms with Crippen molar-refractivity contribution in [1.29, 1.82) is 0 Å². The molecule has 9 nitrogen and oxygen atoms in total. The van der Waals surface area contributed by atoms with Crippen LogP contribution >= 0.6 is 0 Å². The molecule has 6 rings (SSSR count). The highest BCUT2D eigenvalue weighted by molar-refractivity contribution is 6.00. The Hall–Kier alpha value is -2.26. The van der Waals surface area contributed by atoms with Crippen molar-refractivity contribution in [2.75, 3.05) is 33.7 Å². The van der Waals surface area contributed by atoms with Gasteiger partial charge in [0.05, 0.1) is 17.9 Å². The molecule has 9 heteroatoms. The van der Waals surface area contributed by atoms with Crippen molar-refractivity contribution in [3.8, 4) is 0 Å². The van der Waals surface area contributed by atoms with Gasteiger partial charge in [-0.05, 0) is 138 Å². The maximum absolute atomic E-state index is 14.3. The van der Waals surface area contributed by atoms with Gasteiger partial charge in [0, 0.05) is 42.8 Å². The molecule has 0 aromatic rings. The van der Waals surface area contributed by atoms with E-state index in [1.165, 1.54) is 12.0 Å². The van der Waals surface area contributed by atoms with Gasteiger partial charge in [-0.1, -0.05) is 73.3 Å². The lowest BCUT2D eigenvalue weighted by Gasteiger charge is -2.72. The van der Waals surface area contributed by atoms with Crippen LogP contribution in [0.2, 0.25) is 0 Å². The molecule has 0 bridgehead atoms. The van der Waals surface area contributed by atoms with E-state index >= 15 is 0 Å². The Labute approximate surface area is 344 Å². The molecule has 0 heterocycles. The van der Waals surface area contributed by atoms with Gasteiger partial charge in [0.15, 0.2) is 5.78 Å². The number of Topliss-reactive ketones (excluding diaryl/α,β-unsaturated/α-hetero) is 1. The predicted molar refractivity (Wildman–Crippen MR) is 223 cm³/mol. The van der Waals surface area contributed by atoms with Crippen molar-refractivity contribution < 1.29 is 34.1 Å². The van der Waals surface area contributed by atoms with Gasteiger partial charge in [-0.15, -0.1) is 0 Å². The van der Waals surface area contributed by atoms with Gasteiger partial charge >= 0.3 is 11.9 Å². The molecule has 9 unspecified atom stereocenters. The molecule has 0 aromatic heterocycles. The minimum Gasteiger partial charge on any atom is -0.481 e. The van der Waals surface area contributed by atoms with Crippen LogP contribution in [-0.4, -0.2) is 89.6 Å². The molecule has 6 aliphatic carbocycles. The van der Waals surface area contributed by atoms with Gasteiger partial charge in [-0.25, -0.2) is 0 Å². The number of nitrogens with zero attached hydrogens (tertiary/aromatic N) is 2. The molecule has 0 spiro atoms. The molecule has 5 fully saturated rings. The molecule has 1 amide bonds. The standard InChI is InChI=1S/C48H78N2O7/c1-30(2)39-33(51)27-48(36(52)29-50(26-25-49(10)11)41(54)31-15-13-12-14-16-31)24-23-46(8)32(40(39)48)17-18-35-45(7)21-20-37(57-38(53)28-43(3,4)42(55)56)44(5,6)34(45)19-22-47(35,46)9/h30-32,34-37,52H,12-29H2,1-11H3,(H,55,56). The van der Waals surface area contributed by atoms with Crippen molar-refractivity contribution in [3.05, 3.63) is 11.1 Å². The number of hydrogen-bond acceptors (Lipinski definition) is 7. The average Bonchev–Trinajstić information content (AvgIpc) is 3.44. The topological polar surface area (TPSA) is 124 Å². The molecule has 0 aliphatic heterocycles. The smallest absolute Gasteiger partial charge is 0.309 e. The molecule has 57 heavy (non-hydrogen) atoms. The van der Waals surface area contributed by atoms with E-state index in [0.717, 1.165) is 89.2 Å². The Balaban J connectivity index is 1.29. The van der Waals surface area contributed by atoms with Gasteiger partial charge in [-0.3, -0.25) is 19.2 Å². The highest BCUT2D eigenvalue weighted by Crippen LogP contribution is 2.77. The third kappa shape index (κ3) is 7.37. The molecule has 6 aliphatic rings. The summed E-state index contributed by atoms with van der Waals surface area (Å²) in [6.45, 7) is 21.2. The fourth-order valence-electron chi connectivity index (χ4n) is 14.5. The van der Waals surface area contributed by atoms with E-state index in [1.807, 2.05) is 19.0 Å². The number of fused-ring (bicyclic) bond motifs is 7. The lowest BCUT2D eigenvalue weighted by Crippen LogP contribution is -2.66. The van der Waals surface area contributed by atoms with Gasteiger partial charge in [0.25, 0.3) is 0 Å². The van der Waals surface area contributed by atoms with Crippen LogP contribution in [-0.2, 0) is 23.9 Å². The van der Waals surface area contributed by atoms with E-state index in [4.69, 9.17) is 4.74 Å². The lowest BCUT2D eigenvalue weighted by atomic mass is 9.33. The van der Waals surface area contributed by atoms with Crippen LogP contribution in [0.1, 0.15) is 159 Å². The number of carboxylic acid groups (broad SMARTS) is 1. The first kappa shape index (κ1) is 44.3. The minimum absolute atomic E-state index is 0.0127. The molecule has 322 valence electrons. The predicted octanol–water partition coefficient (Wildman–Crippen LogP) is 8.71. The highest BCUT2D eigenvalue weighted by atomic mass is 16.5. The SMILES string of the molecule is CC(C)C1=C2C3CCC4C5(C)CCC(OC(=O)CC(C)(C)C(=O)O)C(C)(C)C5CCC4(C)C3(C)CCC2(C(O)CN(CCN(C)C)C(=O)C2CCCCC2)CC1=O. The summed E-state index contributed by atoms with van der Waals surface area (Å²) in [6.07, 6.45) is 11.9. The van der Waals surface area contributed by atoms with Crippen molar-refractivity contribution >= 4 is 23.6 Å². The summed E-state index contributed by atoms with van der Waals surface area (Å²) in [4.78, 5) is 57.5. The van der Waals surface area contributed by atoms with Crippen LogP contribution in [0.25, 0.3) is 0 Å². The molecular weight excluding hydrogens is 717 g/mol. The number of ketones is 1. The van der Waals surface area contributed by atoms with Crippen molar-refractivity contribution in [3.63, 3.8) is 0 Å². The third-order valence-electron chi connectivity index (χ3n) is 18.0. The first-order valence-electron chi connectivity index (χ1n) is 22.8. The number of carbonyl (C=O) groups excluding carboxylic acids is 3. The normalized spacial score (nSPS) is 37.3. The molecule has 2 N–H and O–H groups in total. The molecule has 9 atom stereocenters. The minimum atomic E-state index is -1.18. The van der Waals surface area contributed by atoms with Crippen LogP contribution in [0.4, 0.5) is 0 Å². The summed E-state index contributed by atoms with van der Waals surface area (Å²) in [6, 6.07) is 0. The second kappa shape index (κ2) is 15.6. The van der Waals surface area contributed by atoms with E-state index in [0.29, 0.717) is 24.8 Å². The monoisotopic (exact) mass is 795 g/mol. The van der Waals surface area contributed by atoms with Gasteiger partial charge < -0.3 is 24.7 Å². The second-order valence-corrected chi connectivity index (χ2v) is 22.5. The van der Waals surface area contributed by atoms with Crippen LogP contribution in [0, 0.1) is 62.1 Å². The first-order chi connectivity index (χ1) is 26.5. The lowest BCUT2D eigenvalue weighted by molar-refractivity contribution is -0.235. The maximum Gasteiger partial charge on any atom is 0.309 e. The summed E-state index contributed by atoms with van der Waals surface area (Å²) < 4.78 is 6.19. The number of esters is 1. The number of amides is 1. The zero-order valence-electron chi connectivity index (χ0n) is 37.6. The van der Waals surface area contributed by atoms with Crippen LogP contribution in [0.15, 0.2) is 11.1 Å². The number of rotatable bonds is 12. The largest absolute Gasteiger partial charge is 0.481 e. The van der Waals surface area contributed by atoms with Gasteiger partial charge in [0.2, 0.25) is 5.91 Å². The van der Waals surface area contributed by atoms with E-state index in [1.54, 1.807) is 13.8 Å². The number of likely N-dealkylation sites (N-methyl/N-ethyl adjacent to an activating group) is 1.